The van der Waals surface area contributed by atoms with Gasteiger partial charge in [0.25, 0.3) is 5.69 Å². The van der Waals surface area contributed by atoms with Gasteiger partial charge in [-0.05, 0) is 6.07 Å². The van der Waals surface area contributed by atoms with Gasteiger partial charge in [0, 0.05) is 23.3 Å². The summed E-state index contributed by atoms with van der Waals surface area (Å²) >= 11 is 3.89. The minimum Gasteiger partial charge on any atom is -0.298 e. The summed E-state index contributed by atoms with van der Waals surface area (Å²) in [5.74, 6) is 5.69. The number of rotatable bonds is 2. The normalized spacial score (nSPS) is 8.87. The largest absolute Gasteiger partial charge is 0.298 e. The molecule has 0 saturated heterocycles. The Bertz CT molecular complexity index is 459. The van der Waals surface area contributed by atoms with E-state index >= 15 is 0 Å². The lowest BCUT2D eigenvalue weighted by atomic mass is 10.1. The lowest BCUT2D eigenvalue weighted by Crippen LogP contribution is -1.91. The van der Waals surface area contributed by atoms with Gasteiger partial charge in [-0.1, -0.05) is 11.8 Å². The number of carbonyl (C=O) groups is 1. The Labute approximate surface area is 91.9 Å². The highest BCUT2D eigenvalue weighted by molar-refractivity contribution is 7.80. The van der Waals surface area contributed by atoms with E-state index < -0.39 is 4.92 Å². The Balaban J connectivity index is 3.22. The van der Waals surface area contributed by atoms with Crippen molar-refractivity contribution >= 4 is 24.6 Å². The molecule has 1 rings (SSSR count). The number of nitro benzene ring substituents is 1. The van der Waals surface area contributed by atoms with Gasteiger partial charge in [-0.25, -0.2) is 0 Å². The highest BCUT2D eigenvalue weighted by Crippen LogP contribution is 2.15. The van der Waals surface area contributed by atoms with E-state index in [0.717, 1.165) is 0 Å². The second-order valence-corrected chi connectivity index (χ2v) is 2.96. The molecule has 1 aromatic carbocycles. The van der Waals surface area contributed by atoms with Crippen molar-refractivity contribution in [3.05, 3.63) is 39.4 Å². The molecule has 0 N–H and O–H groups in total. The Morgan fingerprint density at radius 1 is 1.47 bits per heavy atom. The van der Waals surface area contributed by atoms with Crippen molar-refractivity contribution in [1.29, 1.82) is 0 Å². The van der Waals surface area contributed by atoms with E-state index in [1.54, 1.807) is 0 Å². The van der Waals surface area contributed by atoms with Crippen LogP contribution in [0.15, 0.2) is 18.2 Å². The zero-order valence-electron chi connectivity index (χ0n) is 7.64. The highest BCUT2D eigenvalue weighted by atomic mass is 32.1. The molecule has 0 bridgehead atoms. The van der Waals surface area contributed by atoms with Gasteiger partial charge in [0.1, 0.15) is 6.29 Å². The third-order valence-corrected chi connectivity index (χ3v) is 1.76. The van der Waals surface area contributed by atoms with Crippen LogP contribution in [0.5, 0.6) is 0 Å². The van der Waals surface area contributed by atoms with Crippen LogP contribution in [-0.2, 0) is 0 Å². The Morgan fingerprint density at radius 2 is 2.20 bits per heavy atom. The minimum absolute atomic E-state index is 0.136. The van der Waals surface area contributed by atoms with Crippen molar-refractivity contribution < 1.29 is 9.72 Å². The highest BCUT2D eigenvalue weighted by Gasteiger charge is 2.07. The van der Waals surface area contributed by atoms with Crippen molar-refractivity contribution in [2.75, 3.05) is 5.75 Å². The molecule has 0 fully saturated rings. The molecule has 1 aromatic rings. The van der Waals surface area contributed by atoms with Crippen molar-refractivity contribution in [3.8, 4) is 11.8 Å². The quantitative estimate of drug-likeness (QED) is 0.272. The summed E-state index contributed by atoms with van der Waals surface area (Å²) in [6.45, 7) is 0. The third kappa shape index (κ3) is 3.11. The maximum absolute atomic E-state index is 10.5. The molecule has 0 unspecified atom stereocenters. The summed E-state index contributed by atoms with van der Waals surface area (Å²) in [7, 11) is 0. The molecule has 5 heteroatoms. The number of hydrogen-bond acceptors (Lipinski definition) is 4. The summed E-state index contributed by atoms with van der Waals surface area (Å²) in [6, 6.07) is 4.03. The molecular weight excluding hydrogens is 214 g/mol. The van der Waals surface area contributed by atoms with Crippen LogP contribution >= 0.6 is 12.6 Å². The van der Waals surface area contributed by atoms with Crippen molar-refractivity contribution in [2.24, 2.45) is 0 Å². The van der Waals surface area contributed by atoms with E-state index in [0.29, 0.717) is 17.6 Å². The van der Waals surface area contributed by atoms with Crippen LogP contribution in [0.1, 0.15) is 15.9 Å². The fraction of sp³-hybridized carbons (Fsp3) is 0.100. The Hall–Kier alpha value is -1.80. The van der Waals surface area contributed by atoms with Gasteiger partial charge >= 0.3 is 0 Å². The Kier molecular flexibility index (Phi) is 3.89. The van der Waals surface area contributed by atoms with Gasteiger partial charge in [0.05, 0.1) is 10.7 Å². The molecule has 0 aromatic heterocycles. The molecule has 0 aliphatic heterocycles. The van der Waals surface area contributed by atoms with Gasteiger partial charge in [-0.15, -0.1) is 0 Å². The number of aldehydes is 1. The average Bonchev–Trinajstić information content (AvgIpc) is 2.25. The summed E-state index contributed by atoms with van der Waals surface area (Å²) in [4.78, 5) is 20.5. The lowest BCUT2D eigenvalue weighted by Gasteiger charge is -1.95. The maximum atomic E-state index is 10.5. The number of nitrogens with zero attached hydrogens (tertiary/aromatic N) is 1. The van der Waals surface area contributed by atoms with E-state index in [4.69, 9.17) is 0 Å². The molecule has 0 aliphatic carbocycles. The van der Waals surface area contributed by atoms with Crippen LogP contribution in [0, 0.1) is 22.0 Å². The number of nitro groups is 1. The molecule has 76 valence electrons. The van der Waals surface area contributed by atoms with Crippen molar-refractivity contribution in [2.45, 2.75) is 0 Å². The standard InChI is InChI=1S/C10H7NO3S/c12-7-9-4-8(2-1-3-15)5-10(6-9)11(13)14/h4-7,15H,3H2. The minimum atomic E-state index is -0.557. The number of benzene rings is 1. The molecular formula is C10H7NO3S. The van der Waals surface area contributed by atoms with E-state index in [-0.39, 0.29) is 11.3 Å². The first-order valence-corrected chi connectivity index (χ1v) is 4.65. The monoisotopic (exact) mass is 221 g/mol. The molecule has 0 spiro atoms. The van der Waals surface area contributed by atoms with Gasteiger partial charge in [-0.3, -0.25) is 14.9 Å². The van der Waals surface area contributed by atoms with Crippen LogP contribution in [0.4, 0.5) is 5.69 Å². The summed E-state index contributed by atoms with van der Waals surface area (Å²) in [5, 5.41) is 10.5. The molecule has 0 heterocycles. The smallest absolute Gasteiger partial charge is 0.271 e. The SMILES string of the molecule is O=Cc1cc(C#CCS)cc([N+](=O)[O-])c1. The topological polar surface area (TPSA) is 60.2 Å². The second kappa shape index (κ2) is 5.17. The summed E-state index contributed by atoms with van der Waals surface area (Å²) in [5.41, 5.74) is 0.552. The molecule has 15 heavy (non-hydrogen) atoms. The number of thiol groups is 1. The zero-order chi connectivity index (χ0) is 11.3. The first-order chi connectivity index (χ1) is 7.17. The van der Waals surface area contributed by atoms with Crippen LogP contribution in [0.3, 0.4) is 0 Å². The fourth-order valence-electron chi connectivity index (χ4n) is 1.02. The van der Waals surface area contributed by atoms with Crippen molar-refractivity contribution in [1.82, 2.24) is 0 Å². The zero-order valence-corrected chi connectivity index (χ0v) is 8.53. The average molecular weight is 221 g/mol. The second-order valence-electron chi connectivity index (χ2n) is 2.65. The predicted molar refractivity (Wildman–Crippen MR) is 59.2 cm³/mol. The Morgan fingerprint density at radius 3 is 2.73 bits per heavy atom. The van der Waals surface area contributed by atoms with E-state index in [9.17, 15) is 14.9 Å². The number of carbonyl (C=O) groups excluding carboxylic acids is 1. The number of hydrogen-bond donors (Lipinski definition) is 1. The molecule has 4 nitrogen and oxygen atoms in total. The molecule has 0 aliphatic rings. The van der Waals surface area contributed by atoms with E-state index in [2.05, 4.69) is 24.5 Å². The fourth-order valence-corrected chi connectivity index (χ4v) is 1.10. The summed E-state index contributed by atoms with van der Waals surface area (Å²) in [6.07, 6.45) is 0.554. The van der Waals surface area contributed by atoms with Gasteiger partial charge in [0.2, 0.25) is 0 Å². The van der Waals surface area contributed by atoms with Crippen LogP contribution in [-0.4, -0.2) is 17.0 Å². The first kappa shape index (κ1) is 11.3. The van der Waals surface area contributed by atoms with E-state index in [1.165, 1.54) is 18.2 Å². The third-order valence-electron chi connectivity index (χ3n) is 1.60. The van der Waals surface area contributed by atoms with Gasteiger partial charge in [-0.2, -0.15) is 12.6 Å². The van der Waals surface area contributed by atoms with Gasteiger partial charge < -0.3 is 0 Å². The van der Waals surface area contributed by atoms with Crippen LogP contribution in [0.2, 0.25) is 0 Å². The first-order valence-electron chi connectivity index (χ1n) is 4.01. The molecule has 0 atom stereocenters. The van der Waals surface area contributed by atoms with Crippen LogP contribution < -0.4 is 0 Å². The molecule has 0 saturated carbocycles. The number of non-ortho nitro benzene ring substituents is 1. The van der Waals surface area contributed by atoms with Crippen LogP contribution in [0.25, 0.3) is 0 Å². The van der Waals surface area contributed by atoms with Crippen molar-refractivity contribution in [3.63, 3.8) is 0 Å². The summed E-state index contributed by atoms with van der Waals surface area (Å²) < 4.78 is 0. The van der Waals surface area contributed by atoms with Gasteiger partial charge in [0.15, 0.2) is 0 Å². The molecule has 0 radical (unpaired) electrons. The van der Waals surface area contributed by atoms with E-state index in [1.807, 2.05) is 0 Å². The molecule has 0 amide bonds. The lowest BCUT2D eigenvalue weighted by molar-refractivity contribution is -0.384. The maximum Gasteiger partial charge on any atom is 0.271 e. The predicted octanol–water partition coefficient (Wildman–Crippen LogP) is 1.69.